The van der Waals surface area contributed by atoms with Gasteiger partial charge in [-0.3, -0.25) is 9.59 Å². The summed E-state index contributed by atoms with van der Waals surface area (Å²) in [6, 6.07) is 0. The van der Waals surface area contributed by atoms with E-state index in [1.807, 2.05) is 17.8 Å². The van der Waals surface area contributed by atoms with Crippen molar-refractivity contribution in [3.63, 3.8) is 0 Å². The van der Waals surface area contributed by atoms with Crippen molar-refractivity contribution in [3.8, 4) is 0 Å². The molecule has 5 heteroatoms. The number of ether oxygens (including phenoxy) is 1. The molecule has 4 nitrogen and oxygen atoms in total. The maximum absolute atomic E-state index is 12.6. The van der Waals surface area contributed by atoms with Crippen molar-refractivity contribution in [2.75, 3.05) is 11.5 Å². The van der Waals surface area contributed by atoms with Crippen LogP contribution in [0.2, 0.25) is 0 Å². The molecule has 4 atom stereocenters. The fourth-order valence-electron chi connectivity index (χ4n) is 4.27. The molecule has 2 fully saturated rings. The molecular formula is C22H36O4S. The van der Waals surface area contributed by atoms with Crippen LogP contribution in [0.15, 0.2) is 12.2 Å². The first-order valence-electron chi connectivity index (χ1n) is 10.5. The van der Waals surface area contributed by atoms with E-state index in [0.29, 0.717) is 17.9 Å². The van der Waals surface area contributed by atoms with Crippen molar-refractivity contribution in [1.82, 2.24) is 0 Å². The molecule has 0 amide bonds. The Labute approximate surface area is 168 Å². The van der Waals surface area contributed by atoms with E-state index >= 15 is 0 Å². The number of unbranched alkanes of at least 4 members (excludes halogenated alkanes) is 1. The third-order valence-corrected chi connectivity index (χ3v) is 7.16. The second-order valence-electron chi connectivity index (χ2n) is 8.64. The lowest BCUT2D eigenvalue weighted by Crippen LogP contribution is -2.27. The van der Waals surface area contributed by atoms with Crippen LogP contribution in [0, 0.1) is 17.3 Å². The molecule has 2 heterocycles. The standard InChI is InChI=1S/C22H36O4S/c1-4-5-13-22(2,3)20(23)11-8-16-17(19-10-9-18(16)26-19)12-15-27-14-6-7-21(24)25/h8,11,16-19H,4-7,9-10,12-15H2,1-3H3,(H,24,25)/b11-8+/t16-,17+,18-,19+/m0/s1. The van der Waals surface area contributed by atoms with Gasteiger partial charge < -0.3 is 9.84 Å². The molecule has 27 heavy (non-hydrogen) atoms. The number of hydrogen-bond donors (Lipinski definition) is 1. The highest BCUT2D eigenvalue weighted by molar-refractivity contribution is 7.99. The number of allylic oxidation sites excluding steroid dienone is 1. The highest BCUT2D eigenvalue weighted by Gasteiger charge is 2.47. The van der Waals surface area contributed by atoms with Gasteiger partial charge in [-0.2, -0.15) is 11.8 Å². The lowest BCUT2D eigenvalue weighted by atomic mass is 9.76. The highest BCUT2D eigenvalue weighted by atomic mass is 32.2. The van der Waals surface area contributed by atoms with Gasteiger partial charge >= 0.3 is 5.97 Å². The topological polar surface area (TPSA) is 63.6 Å². The predicted octanol–water partition coefficient (Wildman–Crippen LogP) is 5.11. The van der Waals surface area contributed by atoms with E-state index in [2.05, 4.69) is 26.8 Å². The van der Waals surface area contributed by atoms with Gasteiger partial charge in [0.1, 0.15) is 0 Å². The van der Waals surface area contributed by atoms with E-state index in [9.17, 15) is 9.59 Å². The van der Waals surface area contributed by atoms with Crippen molar-refractivity contribution >= 4 is 23.5 Å². The van der Waals surface area contributed by atoms with Gasteiger partial charge in [0.05, 0.1) is 12.2 Å². The summed E-state index contributed by atoms with van der Waals surface area (Å²) in [5.41, 5.74) is -0.277. The summed E-state index contributed by atoms with van der Waals surface area (Å²) >= 11 is 1.84. The van der Waals surface area contributed by atoms with E-state index in [1.165, 1.54) is 0 Å². The molecule has 0 aromatic heterocycles. The first kappa shape index (κ1) is 22.5. The SMILES string of the molecule is CCCCC(C)(C)C(=O)/C=C/[C@H]1[C@@H](CCSCCCC(=O)O)[C@H]2CC[C@@H]1O2. The number of fused-ring (bicyclic) bond motifs is 2. The molecule has 0 radical (unpaired) electrons. The van der Waals surface area contributed by atoms with E-state index in [0.717, 1.165) is 56.5 Å². The summed E-state index contributed by atoms with van der Waals surface area (Å²) in [5.74, 6) is 2.32. The fourth-order valence-corrected chi connectivity index (χ4v) is 5.26. The lowest BCUT2D eigenvalue weighted by Gasteiger charge is -2.26. The van der Waals surface area contributed by atoms with Crippen LogP contribution in [0.3, 0.4) is 0 Å². The normalized spacial score (nSPS) is 27.5. The van der Waals surface area contributed by atoms with Crippen LogP contribution in [0.25, 0.3) is 0 Å². The number of carbonyl (C=O) groups excluding carboxylic acids is 1. The Morgan fingerprint density at radius 3 is 2.63 bits per heavy atom. The molecule has 0 aromatic rings. The van der Waals surface area contributed by atoms with Gasteiger partial charge in [0.2, 0.25) is 0 Å². The second kappa shape index (κ2) is 10.7. The molecule has 1 N–H and O–H groups in total. The smallest absolute Gasteiger partial charge is 0.303 e. The monoisotopic (exact) mass is 396 g/mol. The zero-order valence-corrected chi connectivity index (χ0v) is 17.9. The summed E-state index contributed by atoms with van der Waals surface area (Å²) in [6.07, 6.45) is 12.1. The number of hydrogen-bond acceptors (Lipinski definition) is 4. The Morgan fingerprint density at radius 2 is 1.93 bits per heavy atom. The van der Waals surface area contributed by atoms with Crippen molar-refractivity contribution < 1.29 is 19.4 Å². The average Bonchev–Trinajstić information content (AvgIpc) is 3.22. The molecule has 2 rings (SSSR count). The highest BCUT2D eigenvalue weighted by Crippen LogP contribution is 2.46. The van der Waals surface area contributed by atoms with Crippen LogP contribution in [0.5, 0.6) is 0 Å². The number of rotatable bonds is 13. The van der Waals surface area contributed by atoms with Gasteiger partial charge in [0, 0.05) is 17.8 Å². The molecule has 154 valence electrons. The zero-order valence-electron chi connectivity index (χ0n) is 17.1. The minimum atomic E-state index is -0.714. The largest absolute Gasteiger partial charge is 0.481 e. The maximum atomic E-state index is 12.6. The van der Waals surface area contributed by atoms with Gasteiger partial charge in [0.25, 0.3) is 0 Å². The molecular weight excluding hydrogens is 360 g/mol. The minimum Gasteiger partial charge on any atom is -0.481 e. The van der Waals surface area contributed by atoms with Crippen LogP contribution >= 0.6 is 11.8 Å². The Morgan fingerprint density at radius 1 is 1.19 bits per heavy atom. The molecule has 0 saturated carbocycles. The van der Waals surface area contributed by atoms with Crippen LogP contribution in [-0.2, 0) is 14.3 Å². The van der Waals surface area contributed by atoms with Crippen LogP contribution < -0.4 is 0 Å². The maximum Gasteiger partial charge on any atom is 0.303 e. The number of thioether (sulfide) groups is 1. The summed E-state index contributed by atoms with van der Waals surface area (Å²) < 4.78 is 6.14. The van der Waals surface area contributed by atoms with Crippen LogP contribution in [0.1, 0.15) is 72.1 Å². The third kappa shape index (κ3) is 6.63. The van der Waals surface area contributed by atoms with Crippen molar-refractivity contribution in [2.24, 2.45) is 17.3 Å². The number of ketones is 1. The van der Waals surface area contributed by atoms with Gasteiger partial charge in [-0.15, -0.1) is 0 Å². The van der Waals surface area contributed by atoms with E-state index < -0.39 is 5.97 Å². The fraction of sp³-hybridized carbons (Fsp3) is 0.818. The molecule has 0 aromatic carbocycles. The molecule has 2 saturated heterocycles. The van der Waals surface area contributed by atoms with Crippen molar-refractivity contribution in [1.29, 1.82) is 0 Å². The minimum absolute atomic E-state index is 0.237. The van der Waals surface area contributed by atoms with Crippen molar-refractivity contribution in [3.05, 3.63) is 12.2 Å². The molecule has 2 bridgehead atoms. The lowest BCUT2D eigenvalue weighted by molar-refractivity contribution is -0.137. The molecule has 2 aliphatic rings. The Kier molecular flexibility index (Phi) is 8.87. The predicted molar refractivity (Wildman–Crippen MR) is 111 cm³/mol. The van der Waals surface area contributed by atoms with Gasteiger partial charge in [-0.05, 0) is 55.6 Å². The molecule has 0 unspecified atom stereocenters. The molecule has 0 aliphatic carbocycles. The Bertz CT molecular complexity index is 528. The summed E-state index contributed by atoms with van der Waals surface area (Å²) in [4.78, 5) is 23.2. The summed E-state index contributed by atoms with van der Waals surface area (Å²) in [5, 5.41) is 8.70. The summed E-state index contributed by atoms with van der Waals surface area (Å²) in [6.45, 7) is 6.27. The van der Waals surface area contributed by atoms with Gasteiger partial charge in [0.15, 0.2) is 5.78 Å². The van der Waals surface area contributed by atoms with E-state index in [1.54, 1.807) is 0 Å². The van der Waals surface area contributed by atoms with Crippen LogP contribution in [-0.4, -0.2) is 40.6 Å². The first-order valence-corrected chi connectivity index (χ1v) is 11.7. The zero-order chi connectivity index (χ0) is 19.9. The van der Waals surface area contributed by atoms with Gasteiger partial charge in [-0.1, -0.05) is 39.7 Å². The molecule has 2 aliphatic heterocycles. The third-order valence-electron chi connectivity index (χ3n) is 6.05. The Hall–Kier alpha value is -0.810. The van der Waals surface area contributed by atoms with Gasteiger partial charge in [-0.25, -0.2) is 0 Å². The van der Waals surface area contributed by atoms with Crippen molar-refractivity contribution in [2.45, 2.75) is 84.3 Å². The number of carbonyl (C=O) groups is 2. The molecule has 0 spiro atoms. The first-order chi connectivity index (χ1) is 12.8. The second-order valence-corrected chi connectivity index (χ2v) is 9.87. The quantitative estimate of drug-likeness (QED) is 0.346. The number of carboxylic acid groups (broad SMARTS) is 1. The number of aliphatic carboxylic acids is 1. The van der Waals surface area contributed by atoms with E-state index in [4.69, 9.17) is 9.84 Å². The Balaban J connectivity index is 1.83. The van der Waals surface area contributed by atoms with E-state index in [-0.39, 0.29) is 23.7 Å². The van der Waals surface area contributed by atoms with Crippen LogP contribution in [0.4, 0.5) is 0 Å². The number of carboxylic acids is 1. The summed E-state index contributed by atoms with van der Waals surface area (Å²) in [7, 11) is 0. The average molecular weight is 397 g/mol.